The largest absolute Gasteiger partial charge is 0.469 e. The zero-order valence-electron chi connectivity index (χ0n) is 11.6. The average molecular weight is 297 g/mol. The van der Waals surface area contributed by atoms with E-state index in [1.807, 2.05) is 0 Å². The molecule has 6 heteroatoms. The van der Waals surface area contributed by atoms with E-state index in [1.165, 1.54) is 14.0 Å². The Morgan fingerprint density at radius 3 is 2.70 bits per heavy atom. The summed E-state index contributed by atoms with van der Waals surface area (Å²) < 4.78 is 4.89. The minimum atomic E-state index is -0.914. The number of esters is 1. The van der Waals surface area contributed by atoms with Crippen molar-refractivity contribution in [1.29, 1.82) is 0 Å². The third-order valence-electron chi connectivity index (χ3n) is 3.85. The summed E-state index contributed by atoms with van der Waals surface area (Å²) in [6, 6.07) is 4.77. The van der Waals surface area contributed by atoms with Crippen molar-refractivity contribution in [2.45, 2.75) is 26.3 Å². The number of hydrogen-bond donors (Lipinski definition) is 1. The van der Waals surface area contributed by atoms with Crippen molar-refractivity contribution < 1.29 is 14.3 Å². The van der Waals surface area contributed by atoms with Crippen molar-refractivity contribution in [3.63, 3.8) is 0 Å². The number of carbonyl (C=O) groups excluding carboxylic acids is 2. The molecule has 0 aromatic heterocycles. The molecule has 1 aliphatic rings. The van der Waals surface area contributed by atoms with E-state index < -0.39 is 17.4 Å². The van der Waals surface area contributed by atoms with Gasteiger partial charge < -0.3 is 4.74 Å². The van der Waals surface area contributed by atoms with Crippen molar-refractivity contribution in [2.75, 3.05) is 7.11 Å². The molecular formula is C14H17ClN2O3. The average Bonchev–Trinajstić information content (AvgIpc) is 2.69. The molecule has 5 nitrogen and oxygen atoms in total. The highest BCUT2D eigenvalue weighted by Crippen LogP contribution is 2.49. The molecule has 20 heavy (non-hydrogen) atoms. The van der Waals surface area contributed by atoms with Gasteiger partial charge in [0.2, 0.25) is 5.91 Å². The Labute approximate surface area is 122 Å². The van der Waals surface area contributed by atoms with Gasteiger partial charge >= 0.3 is 5.97 Å². The minimum Gasteiger partial charge on any atom is -0.469 e. The maximum Gasteiger partial charge on any atom is 0.314 e. The second kappa shape index (κ2) is 5.07. The normalized spacial score (nSPS) is 24.1. The first-order chi connectivity index (χ1) is 9.31. The van der Waals surface area contributed by atoms with Crippen LogP contribution >= 0.6 is 11.6 Å². The Hall–Kier alpha value is -1.59. The number of carbonyl (C=O) groups is 2. The molecule has 2 N–H and O–H groups in total. The number of methoxy groups -OCH3 is 1. The molecular weight excluding hydrogens is 280 g/mol. The molecule has 0 fully saturated rings. The molecule has 108 valence electrons. The van der Waals surface area contributed by atoms with Crippen LogP contribution in [-0.2, 0) is 20.7 Å². The number of fused-ring (bicyclic) bond motifs is 1. The maximum absolute atomic E-state index is 12.2. The molecule has 0 bridgehead atoms. The van der Waals surface area contributed by atoms with Crippen molar-refractivity contribution in [3.8, 4) is 0 Å². The Bertz CT molecular complexity index is 576. The number of benzene rings is 1. The lowest BCUT2D eigenvalue weighted by molar-refractivity contribution is -0.157. The molecule has 0 saturated heterocycles. The standard InChI is InChI=1S/C14H17ClN2O3/c1-8(18)17(16)12-11-5-4-10(15)6-9(11)7-14(12,2)13(19)20-3/h4-6,12H,7,16H2,1-3H3. The van der Waals surface area contributed by atoms with Crippen molar-refractivity contribution in [3.05, 3.63) is 34.3 Å². The molecule has 2 atom stereocenters. The van der Waals surface area contributed by atoms with Gasteiger partial charge in [-0.2, -0.15) is 0 Å². The predicted molar refractivity (Wildman–Crippen MR) is 74.7 cm³/mol. The first-order valence-electron chi connectivity index (χ1n) is 6.22. The zero-order valence-corrected chi connectivity index (χ0v) is 12.4. The van der Waals surface area contributed by atoms with Gasteiger partial charge in [-0.3, -0.25) is 14.6 Å². The zero-order chi connectivity index (χ0) is 15.1. The molecule has 0 heterocycles. The van der Waals surface area contributed by atoms with Crippen LogP contribution in [0.2, 0.25) is 5.02 Å². The highest BCUT2D eigenvalue weighted by atomic mass is 35.5. The van der Waals surface area contributed by atoms with Gasteiger partial charge in [0, 0.05) is 11.9 Å². The van der Waals surface area contributed by atoms with Crippen LogP contribution in [-0.4, -0.2) is 24.0 Å². The molecule has 0 aliphatic heterocycles. The Kier molecular flexibility index (Phi) is 3.75. The van der Waals surface area contributed by atoms with Gasteiger partial charge in [-0.25, -0.2) is 5.84 Å². The number of nitrogens with two attached hydrogens (primary N) is 1. The van der Waals surface area contributed by atoms with Gasteiger partial charge in [0.1, 0.15) is 0 Å². The van der Waals surface area contributed by atoms with Crippen LogP contribution in [0, 0.1) is 5.41 Å². The number of hydrogen-bond acceptors (Lipinski definition) is 4. The number of hydrazine groups is 1. The van der Waals surface area contributed by atoms with Crippen LogP contribution in [0.25, 0.3) is 0 Å². The van der Waals surface area contributed by atoms with Gasteiger partial charge in [-0.05, 0) is 36.6 Å². The minimum absolute atomic E-state index is 0.312. The molecule has 1 aromatic rings. The summed E-state index contributed by atoms with van der Waals surface area (Å²) in [6.45, 7) is 3.12. The first-order valence-corrected chi connectivity index (χ1v) is 6.60. The van der Waals surface area contributed by atoms with E-state index in [0.29, 0.717) is 11.4 Å². The molecule has 2 rings (SSSR count). The Balaban J connectivity index is 2.56. The molecule has 1 amide bonds. The number of rotatable bonds is 2. The van der Waals surface area contributed by atoms with E-state index in [-0.39, 0.29) is 5.91 Å². The Morgan fingerprint density at radius 1 is 1.50 bits per heavy atom. The van der Waals surface area contributed by atoms with E-state index in [0.717, 1.165) is 16.1 Å². The summed E-state index contributed by atoms with van der Waals surface area (Å²) in [4.78, 5) is 23.8. The summed E-state index contributed by atoms with van der Waals surface area (Å²) in [6.07, 6.45) is 0.432. The third-order valence-corrected chi connectivity index (χ3v) is 4.09. The lowest BCUT2D eigenvalue weighted by Crippen LogP contribution is -2.48. The van der Waals surface area contributed by atoms with E-state index in [2.05, 4.69) is 0 Å². The Morgan fingerprint density at radius 2 is 2.15 bits per heavy atom. The van der Waals surface area contributed by atoms with Crippen LogP contribution in [0.1, 0.15) is 31.0 Å². The van der Waals surface area contributed by atoms with Crippen molar-refractivity contribution >= 4 is 23.5 Å². The fourth-order valence-electron chi connectivity index (χ4n) is 2.89. The number of ether oxygens (including phenoxy) is 1. The lowest BCUT2D eigenvalue weighted by atomic mass is 9.82. The summed E-state index contributed by atoms with van der Waals surface area (Å²) >= 11 is 5.99. The van der Waals surface area contributed by atoms with E-state index in [9.17, 15) is 9.59 Å². The van der Waals surface area contributed by atoms with Crippen LogP contribution in [0.15, 0.2) is 18.2 Å². The van der Waals surface area contributed by atoms with E-state index in [4.69, 9.17) is 22.2 Å². The van der Waals surface area contributed by atoms with Crippen LogP contribution < -0.4 is 5.84 Å². The SMILES string of the molecule is COC(=O)C1(C)Cc2cc(Cl)ccc2C1N(N)C(C)=O. The molecule has 1 aliphatic carbocycles. The molecule has 0 saturated carbocycles. The number of amides is 1. The van der Waals surface area contributed by atoms with E-state index >= 15 is 0 Å². The molecule has 2 unspecified atom stereocenters. The van der Waals surface area contributed by atoms with Gasteiger partial charge in [-0.1, -0.05) is 17.7 Å². The summed E-state index contributed by atoms with van der Waals surface area (Å²) in [7, 11) is 1.33. The summed E-state index contributed by atoms with van der Waals surface area (Å²) in [5, 5.41) is 1.68. The fourth-order valence-corrected chi connectivity index (χ4v) is 3.08. The number of nitrogens with zero attached hydrogens (tertiary/aromatic N) is 1. The summed E-state index contributed by atoms with van der Waals surface area (Å²) in [5.74, 6) is 5.18. The maximum atomic E-state index is 12.2. The molecule has 1 aromatic carbocycles. The van der Waals surface area contributed by atoms with Crippen molar-refractivity contribution in [1.82, 2.24) is 5.01 Å². The van der Waals surface area contributed by atoms with Crippen LogP contribution in [0.4, 0.5) is 0 Å². The quantitative estimate of drug-likeness (QED) is 0.391. The monoisotopic (exact) mass is 296 g/mol. The fraction of sp³-hybridized carbons (Fsp3) is 0.429. The third kappa shape index (κ3) is 2.17. The molecule has 0 radical (unpaired) electrons. The smallest absolute Gasteiger partial charge is 0.314 e. The number of halogens is 1. The molecule has 0 spiro atoms. The predicted octanol–water partition coefficient (Wildman–Crippen LogP) is 1.84. The van der Waals surface area contributed by atoms with Gasteiger partial charge in [0.05, 0.1) is 18.6 Å². The highest BCUT2D eigenvalue weighted by molar-refractivity contribution is 6.30. The first kappa shape index (κ1) is 14.8. The lowest BCUT2D eigenvalue weighted by Gasteiger charge is -2.34. The highest BCUT2D eigenvalue weighted by Gasteiger charge is 2.52. The van der Waals surface area contributed by atoms with Crippen molar-refractivity contribution in [2.24, 2.45) is 11.3 Å². The van der Waals surface area contributed by atoms with Gasteiger partial charge in [0.15, 0.2) is 0 Å². The second-order valence-electron chi connectivity index (χ2n) is 5.26. The van der Waals surface area contributed by atoms with Crippen LogP contribution in [0.3, 0.4) is 0 Å². The summed E-state index contributed by atoms with van der Waals surface area (Å²) in [5.41, 5.74) is 0.828. The topological polar surface area (TPSA) is 72.6 Å². The second-order valence-corrected chi connectivity index (χ2v) is 5.69. The van der Waals surface area contributed by atoms with Gasteiger partial charge in [0.25, 0.3) is 0 Å². The van der Waals surface area contributed by atoms with Crippen LogP contribution in [0.5, 0.6) is 0 Å². The van der Waals surface area contributed by atoms with Gasteiger partial charge in [-0.15, -0.1) is 0 Å². The van der Waals surface area contributed by atoms with E-state index in [1.54, 1.807) is 25.1 Å².